The van der Waals surface area contributed by atoms with Crippen LogP contribution in [0.3, 0.4) is 0 Å². The van der Waals surface area contributed by atoms with Crippen molar-refractivity contribution in [1.82, 2.24) is 10.3 Å². The summed E-state index contributed by atoms with van der Waals surface area (Å²) < 4.78 is 53.6. The minimum atomic E-state index is -3.06. The number of halogens is 3. The van der Waals surface area contributed by atoms with E-state index in [1.807, 2.05) is 20.9 Å². The van der Waals surface area contributed by atoms with Crippen molar-refractivity contribution in [2.24, 2.45) is 0 Å². The van der Waals surface area contributed by atoms with Crippen LogP contribution in [-0.2, 0) is 10.8 Å². The van der Waals surface area contributed by atoms with Crippen LogP contribution in [0.15, 0.2) is 30.5 Å². The molecule has 3 rings (SSSR count). The fraction of sp³-hybridized carbons (Fsp3) is 0.409. The summed E-state index contributed by atoms with van der Waals surface area (Å²) >= 11 is 0. The summed E-state index contributed by atoms with van der Waals surface area (Å²) in [6.07, 6.45) is 1.81. The number of rotatable bonds is 8. The number of benzene rings is 1. The summed E-state index contributed by atoms with van der Waals surface area (Å²) in [7, 11) is 1.39. The highest BCUT2D eigenvalue weighted by Crippen LogP contribution is 2.25. The van der Waals surface area contributed by atoms with Gasteiger partial charge in [-0.3, -0.25) is 19.4 Å². The number of ether oxygens (including phenoxy) is 1. The van der Waals surface area contributed by atoms with E-state index in [4.69, 9.17) is 5.41 Å². The van der Waals surface area contributed by atoms with Crippen LogP contribution in [0.4, 0.5) is 18.9 Å². The first kappa shape index (κ1) is 26.5. The number of alkyl halides is 2. The van der Waals surface area contributed by atoms with Crippen LogP contribution in [0, 0.1) is 11.2 Å². The predicted octanol–water partition coefficient (Wildman–Crippen LogP) is 3.60. The van der Waals surface area contributed by atoms with E-state index in [2.05, 4.69) is 27.3 Å². The fourth-order valence-electron chi connectivity index (χ4n) is 3.00. The molecule has 2 heterocycles. The number of aromatic nitrogens is 1. The molecule has 2 aromatic rings. The number of nitrogens with zero attached hydrogens (tertiary/aromatic N) is 1. The molecule has 180 valence electrons. The van der Waals surface area contributed by atoms with Crippen molar-refractivity contribution in [2.75, 3.05) is 23.9 Å². The SMILES string of the molecule is CC(C)Nc1cc(C=O)ncc1C(=N)c1cc(OC(F)F)ccc1F.CNC1(C)CS(=O)C1. The first-order chi connectivity index (χ1) is 15.5. The maximum Gasteiger partial charge on any atom is 0.387 e. The Bertz CT molecular complexity index is 1030. The smallest absolute Gasteiger partial charge is 0.387 e. The molecule has 1 aromatic carbocycles. The Hall–Kier alpha value is -2.79. The highest BCUT2D eigenvalue weighted by molar-refractivity contribution is 7.86. The molecule has 0 unspecified atom stereocenters. The van der Waals surface area contributed by atoms with Gasteiger partial charge in [0.25, 0.3) is 0 Å². The second-order valence-electron chi connectivity index (χ2n) is 8.01. The van der Waals surface area contributed by atoms with Gasteiger partial charge in [-0.15, -0.1) is 0 Å². The number of hydrogen-bond acceptors (Lipinski definition) is 7. The lowest BCUT2D eigenvalue weighted by Gasteiger charge is -2.36. The maximum atomic E-state index is 14.1. The first-order valence-electron chi connectivity index (χ1n) is 10.1. The van der Waals surface area contributed by atoms with E-state index in [0.717, 1.165) is 29.7 Å². The van der Waals surface area contributed by atoms with E-state index in [1.54, 1.807) is 0 Å². The van der Waals surface area contributed by atoms with Crippen LogP contribution in [-0.4, -0.2) is 57.9 Å². The van der Waals surface area contributed by atoms with Crippen LogP contribution < -0.4 is 15.4 Å². The Morgan fingerprint density at radius 2 is 1.94 bits per heavy atom. The Labute approximate surface area is 193 Å². The topological polar surface area (TPSA) is 104 Å². The van der Waals surface area contributed by atoms with Gasteiger partial charge in [-0.05, 0) is 52.1 Å². The van der Waals surface area contributed by atoms with E-state index < -0.39 is 23.2 Å². The third-order valence-electron chi connectivity index (χ3n) is 4.75. The van der Waals surface area contributed by atoms with Crippen LogP contribution in [0.5, 0.6) is 5.75 Å². The van der Waals surface area contributed by atoms with Gasteiger partial charge in [0.05, 0.1) is 5.71 Å². The summed E-state index contributed by atoms with van der Waals surface area (Å²) in [6, 6.07) is 4.45. The summed E-state index contributed by atoms with van der Waals surface area (Å²) in [5.41, 5.74) is 0.486. The van der Waals surface area contributed by atoms with Crippen LogP contribution >= 0.6 is 0 Å². The predicted molar refractivity (Wildman–Crippen MR) is 123 cm³/mol. The van der Waals surface area contributed by atoms with Crippen molar-refractivity contribution in [2.45, 2.75) is 39.0 Å². The van der Waals surface area contributed by atoms with Gasteiger partial charge in [-0.2, -0.15) is 8.78 Å². The summed E-state index contributed by atoms with van der Waals surface area (Å²) in [5, 5.41) is 14.4. The van der Waals surface area contributed by atoms with Gasteiger partial charge in [-0.25, -0.2) is 4.39 Å². The van der Waals surface area contributed by atoms with E-state index in [1.165, 1.54) is 12.3 Å². The van der Waals surface area contributed by atoms with Crippen molar-refractivity contribution in [3.8, 4) is 5.75 Å². The number of anilines is 1. The largest absolute Gasteiger partial charge is 0.435 e. The monoisotopic (exact) mass is 484 g/mol. The minimum Gasteiger partial charge on any atom is -0.435 e. The van der Waals surface area contributed by atoms with Crippen molar-refractivity contribution < 1.29 is 26.9 Å². The molecule has 3 N–H and O–H groups in total. The van der Waals surface area contributed by atoms with Gasteiger partial charge < -0.3 is 15.4 Å². The molecule has 1 aliphatic heterocycles. The molecule has 0 saturated carbocycles. The molecule has 1 saturated heterocycles. The molecule has 0 spiro atoms. The Balaban J connectivity index is 0.000000405. The number of nitrogens with one attached hydrogen (secondary N) is 3. The van der Waals surface area contributed by atoms with Gasteiger partial charge in [0.15, 0.2) is 6.29 Å². The van der Waals surface area contributed by atoms with E-state index >= 15 is 0 Å². The van der Waals surface area contributed by atoms with Crippen LogP contribution in [0.25, 0.3) is 0 Å². The highest BCUT2D eigenvalue weighted by atomic mass is 32.2. The molecule has 0 bridgehead atoms. The Morgan fingerprint density at radius 3 is 2.42 bits per heavy atom. The van der Waals surface area contributed by atoms with E-state index in [0.29, 0.717) is 12.0 Å². The number of aldehydes is 1. The fourth-order valence-corrected chi connectivity index (χ4v) is 4.62. The first-order valence-corrected chi connectivity index (χ1v) is 11.6. The Morgan fingerprint density at radius 1 is 1.27 bits per heavy atom. The summed E-state index contributed by atoms with van der Waals surface area (Å²) in [4.78, 5) is 14.8. The molecular weight excluding hydrogens is 457 g/mol. The van der Waals surface area contributed by atoms with Crippen molar-refractivity contribution in [3.63, 3.8) is 0 Å². The third kappa shape index (κ3) is 7.36. The van der Waals surface area contributed by atoms with Gasteiger partial charge in [0.2, 0.25) is 0 Å². The zero-order valence-corrected chi connectivity index (χ0v) is 19.6. The number of pyridine rings is 1. The van der Waals surface area contributed by atoms with Crippen LogP contribution in [0.2, 0.25) is 0 Å². The van der Waals surface area contributed by atoms with Crippen LogP contribution in [0.1, 0.15) is 42.4 Å². The highest BCUT2D eigenvalue weighted by Gasteiger charge is 2.36. The zero-order valence-electron chi connectivity index (χ0n) is 18.7. The molecule has 0 radical (unpaired) electrons. The quantitative estimate of drug-likeness (QED) is 0.391. The van der Waals surface area contributed by atoms with Crippen molar-refractivity contribution in [3.05, 3.63) is 53.1 Å². The Kier molecular flexibility index (Phi) is 9.12. The van der Waals surface area contributed by atoms with Gasteiger partial charge in [-0.1, -0.05) is 0 Å². The lowest BCUT2D eigenvalue weighted by atomic mass is 10.0. The van der Waals surface area contributed by atoms with Gasteiger partial charge in [0.1, 0.15) is 17.3 Å². The molecule has 11 heteroatoms. The molecule has 33 heavy (non-hydrogen) atoms. The average Bonchev–Trinajstić information content (AvgIpc) is 2.73. The molecule has 1 aromatic heterocycles. The molecule has 0 atom stereocenters. The van der Waals surface area contributed by atoms with E-state index in [9.17, 15) is 22.2 Å². The van der Waals surface area contributed by atoms with Gasteiger partial charge >= 0.3 is 6.61 Å². The lowest BCUT2D eigenvalue weighted by molar-refractivity contribution is -0.0499. The second-order valence-corrected chi connectivity index (χ2v) is 9.46. The lowest BCUT2D eigenvalue weighted by Crippen LogP contribution is -2.58. The minimum absolute atomic E-state index is 0.0215. The number of carbonyl (C=O) groups excluding carboxylic acids is 1. The van der Waals surface area contributed by atoms with E-state index in [-0.39, 0.29) is 39.9 Å². The molecule has 0 aliphatic carbocycles. The van der Waals surface area contributed by atoms with Gasteiger partial charge in [0, 0.05) is 56.9 Å². The number of carbonyl (C=O) groups is 1. The molecule has 0 amide bonds. The standard InChI is InChI=1S/C17H16F3N3O2.C5H11NOS/c1-9(2)23-15-5-10(8-24)22-7-13(15)16(21)12-6-11(25-17(19)20)3-4-14(12)18;1-5(6-2)3-8(7)4-5/h3-9,17,21H,1-2H3,(H,22,23);6H,3-4H2,1-2H3. The normalized spacial score (nSPS) is 19.4. The molecular formula is C22H27F3N4O3S. The summed E-state index contributed by atoms with van der Waals surface area (Å²) in [5.74, 6) is 0.626. The second kappa shape index (κ2) is 11.4. The average molecular weight is 485 g/mol. The number of hydrogen-bond donors (Lipinski definition) is 3. The van der Waals surface area contributed by atoms with Crippen molar-refractivity contribution in [1.29, 1.82) is 5.41 Å². The maximum absolute atomic E-state index is 14.1. The third-order valence-corrected chi connectivity index (χ3v) is 6.67. The van der Waals surface area contributed by atoms with Crippen molar-refractivity contribution >= 4 is 28.5 Å². The molecule has 1 fully saturated rings. The summed E-state index contributed by atoms with van der Waals surface area (Å²) in [6.45, 7) is 2.74. The molecule has 1 aliphatic rings. The zero-order chi connectivity index (χ0) is 24.8. The molecule has 7 nitrogen and oxygen atoms in total.